The summed E-state index contributed by atoms with van der Waals surface area (Å²) in [6, 6.07) is 24.2. The van der Waals surface area contributed by atoms with Gasteiger partial charge in [-0.25, -0.2) is 4.98 Å². The molecule has 0 aliphatic heterocycles. The first-order valence-electron chi connectivity index (χ1n) is 31.9. The van der Waals surface area contributed by atoms with E-state index in [2.05, 4.69) is 89.0 Å². The molecule has 0 aliphatic rings. The summed E-state index contributed by atoms with van der Waals surface area (Å²) >= 11 is 0. The third-order valence-electron chi connectivity index (χ3n) is 12.4. The van der Waals surface area contributed by atoms with E-state index in [1.165, 1.54) is 0 Å². The predicted octanol–water partition coefficient (Wildman–Crippen LogP) is 17.7. The summed E-state index contributed by atoms with van der Waals surface area (Å²) in [7, 11) is 0. The molecular formula is C64H72N3OPt-. The molecule has 2 aromatic heterocycles. The fraction of sp³-hybridized carbons (Fsp3) is 0.344. The number of rotatable bonds is 8. The van der Waals surface area contributed by atoms with Gasteiger partial charge in [0.25, 0.3) is 0 Å². The number of aromatic hydroxyl groups is 1. The van der Waals surface area contributed by atoms with E-state index in [1.54, 1.807) is 45.9 Å². The van der Waals surface area contributed by atoms with Crippen molar-refractivity contribution in [1.82, 2.24) is 14.5 Å². The van der Waals surface area contributed by atoms with Crippen LogP contribution in [-0.4, -0.2) is 19.6 Å². The van der Waals surface area contributed by atoms with Crippen molar-refractivity contribution in [3.05, 3.63) is 167 Å². The van der Waals surface area contributed by atoms with Gasteiger partial charge in [-0.3, -0.25) is 9.55 Å². The average molecular weight is 1110 g/mol. The second-order valence-electron chi connectivity index (χ2n) is 21.3. The summed E-state index contributed by atoms with van der Waals surface area (Å²) in [5, 5.41) is 12.6. The van der Waals surface area contributed by atoms with E-state index in [-0.39, 0.29) is 65.9 Å². The van der Waals surface area contributed by atoms with Crippen LogP contribution in [0.4, 0.5) is 0 Å². The molecule has 0 aliphatic carbocycles. The number of nitrogens with zero attached hydrogens (tertiary/aromatic N) is 3. The number of phenolic OH excluding ortho intramolecular Hbond substituents is 1. The molecule has 8 rings (SSSR count). The average Bonchev–Trinajstić information content (AvgIpc) is 1.00. The molecule has 0 unspecified atom stereocenters. The molecule has 0 bridgehead atoms. The molecule has 0 atom stereocenters. The summed E-state index contributed by atoms with van der Waals surface area (Å²) in [5.41, 5.74) is 0.215. The van der Waals surface area contributed by atoms with Crippen molar-refractivity contribution >= 4 is 11.0 Å². The van der Waals surface area contributed by atoms with E-state index in [0.29, 0.717) is 39.0 Å². The molecule has 0 radical (unpaired) electrons. The van der Waals surface area contributed by atoms with E-state index in [0.717, 1.165) is 22.3 Å². The van der Waals surface area contributed by atoms with Gasteiger partial charge in [-0.15, -0.1) is 29.3 Å². The number of pyridine rings is 1. The summed E-state index contributed by atoms with van der Waals surface area (Å²) in [5.74, 6) is -2.43. The van der Waals surface area contributed by atoms with Crippen molar-refractivity contribution in [3.63, 3.8) is 0 Å². The molecule has 2 heterocycles. The summed E-state index contributed by atoms with van der Waals surface area (Å²) in [6.45, 7) is 13.7. The van der Waals surface area contributed by atoms with Crippen LogP contribution in [-0.2, 0) is 42.7 Å². The molecule has 5 heteroatoms. The zero-order chi connectivity index (χ0) is 64.7. The first kappa shape index (κ1) is 32.3. The van der Waals surface area contributed by atoms with Crippen LogP contribution in [0.1, 0.15) is 180 Å². The Morgan fingerprint density at radius 1 is 0.609 bits per heavy atom. The molecule has 0 saturated heterocycles. The Labute approximate surface area is 453 Å². The molecule has 0 saturated carbocycles. The Bertz CT molecular complexity index is 3950. The zero-order valence-electron chi connectivity index (χ0n) is 59.7. The Balaban J connectivity index is 0.0000108. The number of benzene rings is 6. The SMILES string of the molecule is [2H]c1nc(-c2[c-]c(-c3cccc4c3nc(-c3cc(C([2H])(C)C)cc(C([2H])(C)C)c3O)n4-c3ccc(C(C)(C)C)cc3-c3ccc(C(C)(C)C)cc3)cc(C(C)(C)C)c2)c([2H])c(-c2c([2H])c([2H])c(C(C([2H])([2H])[2H])(C([2H])([2H])[2H])C([2H])([2H])[2H])c([2H])c2[2H])c1[2H].[Pt]. The van der Waals surface area contributed by atoms with Crippen LogP contribution in [0.5, 0.6) is 5.75 Å². The Morgan fingerprint density at radius 2 is 1.25 bits per heavy atom. The van der Waals surface area contributed by atoms with Crippen LogP contribution in [0.3, 0.4) is 0 Å². The van der Waals surface area contributed by atoms with Crippen LogP contribution in [0.15, 0.2) is 127 Å². The molecule has 0 amide bonds. The van der Waals surface area contributed by atoms with Crippen LogP contribution < -0.4 is 0 Å². The van der Waals surface area contributed by atoms with Crippen molar-refractivity contribution in [3.8, 4) is 67.5 Å². The smallest absolute Gasteiger partial charge is 0.148 e. The number of para-hydroxylation sites is 1. The Morgan fingerprint density at radius 3 is 1.86 bits per heavy atom. The third-order valence-corrected chi connectivity index (χ3v) is 12.4. The van der Waals surface area contributed by atoms with Gasteiger partial charge in [-0.05, 0) is 108 Å². The van der Waals surface area contributed by atoms with E-state index in [9.17, 15) is 12.0 Å². The summed E-state index contributed by atoms with van der Waals surface area (Å²) < 4.78 is 159. The maximum Gasteiger partial charge on any atom is 0.148 e. The van der Waals surface area contributed by atoms with Gasteiger partial charge in [0.15, 0.2) is 0 Å². The van der Waals surface area contributed by atoms with E-state index >= 15 is 0 Å². The van der Waals surface area contributed by atoms with Gasteiger partial charge in [-0.1, -0.05) is 200 Å². The van der Waals surface area contributed by atoms with Gasteiger partial charge in [0.1, 0.15) is 11.6 Å². The van der Waals surface area contributed by atoms with E-state index < -0.39 is 102 Å². The number of imidazole rings is 1. The van der Waals surface area contributed by atoms with Gasteiger partial charge < -0.3 is 5.11 Å². The number of hydrogen-bond donors (Lipinski definition) is 1. The van der Waals surface area contributed by atoms with Crippen molar-refractivity contribution in [2.75, 3.05) is 0 Å². The minimum absolute atomic E-state index is 0. The molecule has 1 N–H and O–H groups in total. The van der Waals surface area contributed by atoms with Gasteiger partial charge in [0, 0.05) is 53.6 Å². The third kappa shape index (κ3) is 10.5. The van der Waals surface area contributed by atoms with Crippen LogP contribution in [0.25, 0.3) is 72.7 Å². The molecule has 4 nitrogen and oxygen atoms in total. The maximum absolute atomic E-state index is 12.6. The minimum atomic E-state index is -3.95. The van der Waals surface area contributed by atoms with Crippen LogP contribution >= 0.6 is 0 Å². The van der Waals surface area contributed by atoms with Gasteiger partial charge in [0.2, 0.25) is 0 Å². The quantitative estimate of drug-likeness (QED) is 0.154. The normalized spacial score (nSPS) is 17.2. The molecule has 0 fully saturated rings. The number of hydrogen-bond acceptors (Lipinski definition) is 3. The molecule has 69 heavy (non-hydrogen) atoms. The molecular weight excluding hydrogens is 1020 g/mol. The minimum Gasteiger partial charge on any atom is -0.507 e. The topological polar surface area (TPSA) is 50.9 Å². The number of phenols is 1. The van der Waals surface area contributed by atoms with Gasteiger partial charge in [-0.2, -0.15) is 0 Å². The van der Waals surface area contributed by atoms with E-state index in [4.69, 9.17) is 22.8 Å². The fourth-order valence-electron chi connectivity index (χ4n) is 8.26. The Hall–Kier alpha value is -5.57. The van der Waals surface area contributed by atoms with Crippen molar-refractivity contribution < 1.29 is 50.8 Å². The summed E-state index contributed by atoms with van der Waals surface area (Å²) in [6.07, 6.45) is -0.773. The van der Waals surface area contributed by atoms with E-state index in [1.807, 2.05) is 55.7 Å². The van der Waals surface area contributed by atoms with Gasteiger partial charge >= 0.3 is 0 Å². The predicted molar refractivity (Wildman–Crippen MR) is 290 cm³/mol. The second kappa shape index (κ2) is 19.0. The summed E-state index contributed by atoms with van der Waals surface area (Å²) in [4.78, 5) is 9.86. The van der Waals surface area contributed by atoms with Crippen molar-refractivity contribution in [2.24, 2.45) is 0 Å². The van der Waals surface area contributed by atoms with Gasteiger partial charge in [0.05, 0.1) is 31.9 Å². The van der Waals surface area contributed by atoms with Crippen molar-refractivity contribution in [1.29, 1.82) is 0 Å². The fourth-order valence-corrected chi connectivity index (χ4v) is 8.26. The second-order valence-corrected chi connectivity index (χ2v) is 21.3. The molecule has 0 spiro atoms. The molecule has 8 aromatic rings. The standard InChI is InChI=1S/C64H72N3O.Pt/c1-39(2)44-35-52(40(3)4)59(68)54(36-44)60-66-58-51(18-17-19-57(58)67(60)56-29-28-49(63(11,12)13)38-53(56)42-22-26-48(27-23-42)62(8,9)10)45-32-46(34-50(33-45)64(14,15)16)55-37-43(30-31-65-55)41-20-24-47(25-21-41)61(5,6)7;/h17-31,33-40,68H,1-16H3;/q-1;/i5D3,6D3,7D3,20D,21D,24D,25D,30D,31D,37D,39D,40D;. The largest absolute Gasteiger partial charge is 0.507 e. The van der Waals surface area contributed by atoms with Crippen LogP contribution in [0, 0.1) is 6.07 Å². The van der Waals surface area contributed by atoms with Crippen molar-refractivity contribution in [2.45, 2.75) is 144 Å². The first-order valence-corrected chi connectivity index (χ1v) is 22.9. The monoisotopic (exact) mass is 1110 g/mol. The maximum atomic E-state index is 12.6. The zero-order valence-corrected chi connectivity index (χ0v) is 44.0. The molecule has 6 aromatic carbocycles. The number of aromatic nitrogens is 3. The number of fused-ring (bicyclic) bond motifs is 1. The Kier molecular flexibility index (Phi) is 8.89. The molecule has 360 valence electrons. The van der Waals surface area contributed by atoms with Crippen LogP contribution in [0.2, 0.25) is 0 Å². The first-order chi connectivity index (χ1) is 39.1.